The first-order valence-corrected chi connectivity index (χ1v) is 6.82. The lowest BCUT2D eigenvalue weighted by Gasteiger charge is -2.08. The van der Waals surface area contributed by atoms with Gasteiger partial charge in [-0.15, -0.1) is 0 Å². The van der Waals surface area contributed by atoms with Crippen molar-refractivity contribution in [2.24, 2.45) is 0 Å². The Labute approximate surface area is 120 Å². The molecule has 0 N–H and O–H groups in total. The Kier molecular flexibility index (Phi) is 4.32. The molecule has 0 fully saturated rings. The molecule has 0 bridgehead atoms. The molecule has 3 nitrogen and oxygen atoms in total. The molecule has 0 radical (unpaired) electrons. The molecule has 98 valence electrons. The zero-order valence-electron chi connectivity index (χ0n) is 10.8. The zero-order valence-corrected chi connectivity index (χ0v) is 12.4. The Morgan fingerprint density at radius 1 is 1.32 bits per heavy atom. The summed E-state index contributed by atoms with van der Waals surface area (Å²) in [5, 5.41) is 0. The van der Waals surface area contributed by atoms with Gasteiger partial charge in [0.05, 0.1) is 10.7 Å². The number of hydrogen-bond donors (Lipinski definition) is 0. The summed E-state index contributed by atoms with van der Waals surface area (Å²) in [6.45, 7) is 3.83. The van der Waals surface area contributed by atoms with E-state index in [0.29, 0.717) is 17.9 Å². The number of pyridine rings is 1. The van der Waals surface area contributed by atoms with Gasteiger partial charge in [0.2, 0.25) is 0 Å². The van der Waals surface area contributed by atoms with E-state index in [4.69, 9.17) is 4.74 Å². The van der Waals surface area contributed by atoms with E-state index in [2.05, 4.69) is 20.9 Å². The smallest absolute Gasteiger partial charge is 0.180 e. The molecule has 0 spiro atoms. The summed E-state index contributed by atoms with van der Waals surface area (Å²) in [7, 11) is 0. The topological polar surface area (TPSA) is 39.2 Å². The zero-order chi connectivity index (χ0) is 13.8. The van der Waals surface area contributed by atoms with Crippen LogP contribution in [0.5, 0.6) is 11.5 Å². The van der Waals surface area contributed by atoms with Crippen LogP contribution in [0.1, 0.15) is 29.4 Å². The molecule has 0 atom stereocenters. The van der Waals surface area contributed by atoms with E-state index in [9.17, 15) is 4.79 Å². The van der Waals surface area contributed by atoms with Crippen LogP contribution >= 0.6 is 15.9 Å². The molecular formula is C15H14BrNO2. The van der Waals surface area contributed by atoms with Crippen molar-refractivity contribution in [2.75, 3.05) is 0 Å². The number of benzene rings is 1. The third kappa shape index (κ3) is 3.41. The number of halogens is 1. The fraction of sp³-hybridized carbons (Fsp3) is 0.200. The van der Waals surface area contributed by atoms with Gasteiger partial charge in [0.15, 0.2) is 5.78 Å². The highest BCUT2D eigenvalue weighted by Crippen LogP contribution is 2.30. The second kappa shape index (κ2) is 5.97. The minimum Gasteiger partial charge on any atom is -0.455 e. The molecule has 0 aliphatic carbocycles. The SMILES string of the molecule is CCC(=O)c1ccc(Oc2ccc(C)cc2Br)cn1. The standard InChI is InChI=1S/C15H14BrNO2/c1-3-14(18)13-6-5-11(9-17-13)19-15-7-4-10(2)8-12(15)16/h4-9H,3H2,1-2H3. The molecule has 0 aliphatic rings. The maximum atomic E-state index is 11.5. The van der Waals surface area contributed by atoms with E-state index in [1.807, 2.05) is 32.0 Å². The number of aryl methyl sites for hydroxylation is 1. The highest BCUT2D eigenvalue weighted by atomic mass is 79.9. The van der Waals surface area contributed by atoms with E-state index < -0.39 is 0 Å². The van der Waals surface area contributed by atoms with E-state index in [-0.39, 0.29) is 5.78 Å². The van der Waals surface area contributed by atoms with Gasteiger partial charge < -0.3 is 4.74 Å². The van der Waals surface area contributed by atoms with Gasteiger partial charge in [0.1, 0.15) is 17.2 Å². The molecule has 0 saturated carbocycles. The average Bonchev–Trinajstić information content (AvgIpc) is 2.42. The fourth-order valence-corrected chi connectivity index (χ4v) is 2.18. The van der Waals surface area contributed by atoms with Crippen LogP contribution in [0.3, 0.4) is 0 Å². The second-order valence-corrected chi connectivity index (χ2v) is 5.05. The van der Waals surface area contributed by atoms with Gasteiger partial charge in [-0.05, 0) is 52.7 Å². The summed E-state index contributed by atoms with van der Waals surface area (Å²) in [4.78, 5) is 15.6. The Balaban J connectivity index is 2.17. The predicted octanol–water partition coefficient (Wildman–Crippen LogP) is 4.54. The number of carbonyl (C=O) groups excluding carboxylic acids is 1. The van der Waals surface area contributed by atoms with Gasteiger partial charge in [-0.1, -0.05) is 13.0 Å². The lowest BCUT2D eigenvalue weighted by atomic mass is 10.2. The van der Waals surface area contributed by atoms with Crippen molar-refractivity contribution in [3.05, 3.63) is 52.3 Å². The minimum absolute atomic E-state index is 0.0306. The maximum absolute atomic E-state index is 11.5. The molecule has 1 aromatic heterocycles. The average molecular weight is 320 g/mol. The van der Waals surface area contributed by atoms with Crippen LogP contribution in [0.15, 0.2) is 41.0 Å². The highest BCUT2D eigenvalue weighted by molar-refractivity contribution is 9.10. The van der Waals surface area contributed by atoms with Crippen LogP contribution in [-0.2, 0) is 0 Å². The van der Waals surface area contributed by atoms with Crippen LogP contribution in [0.4, 0.5) is 0 Å². The largest absolute Gasteiger partial charge is 0.455 e. The first-order chi connectivity index (χ1) is 9.10. The molecule has 19 heavy (non-hydrogen) atoms. The monoisotopic (exact) mass is 319 g/mol. The number of carbonyl (C=O) groups is 1. The summed E-state index contributed by atoms with van der Waals surface area (Å²) in [6.07, 6.45) is 2.02. The Bertz CT molecular complexity index is 594. The Hall–Kier alpha value is -1.68. The summed E-state index contributed by atoms with van der Waals surface area (Å²) < 4.78 is 6.60. The predicted molar refractivity (Wildman–Crippen MR) is 77.8 cm³/mol. The summed E-state index contributed by atoms with van der Waals surface area (Å²) in [5.74, 6) is 1.36. The van der Waals surface area contributed by atoms with Crippen molar-refractivity contribution < 1.29 is 9.53 Å². The number of Topliss-reactive ketones (excluding diaryl/α,β-unsaturated/α-hetero) is 1. The molecule has 0 saturated heterocycles. The summed E-state index contributed by atoms with van der Waals surface area (Å²) in [6, 6.07) is 9.29. The molecule has 2 rings (SSSR count). The molecule has 2 aromatic rings. The van der Waals surface area contributed by atoms with Gasteiger partial charge in [0.25, 0.3) is 0 Å². The quantitative estimate of drug-likeness (QED) is 0.777. The molecule has 0 aliphatic heterocycles. The van der Waals surface area contributed by atoms with Gasteiger partial charge in [0, 0.05) is 6.42 Å². The third-order valence-corrected chi connectivity index (χ3v) is 3.28. The normalized spacial score (nSPS) is 10.3. The van der Waals surface area contributed by atoms with Crippen molar-refractivity contribution in [1.29, 1.82) is 0 Å². The van der Waals surface area contributed by atoms with Gasteiger partial charge >= 0.3 is 0 Å². The number of aromatic nitrogens is 1. The van der Waals surface area contributed by atoms with E-state index in [1.54, 1.807) is 18.3 Å². The Morgan fingerprint density at radius 3 is 2.68 bits per heavy atom. The van der Waals surface area contributed by atoms with Crippen molar-refractivity contribution in [2.45, 2.75) is 20.3 Å². The van der Waals surface area contributed by atoms with Crippen LogP contribution in [0, 0.1) is 6.92 Å². The van der Waals surface area contributed by atoms with Crippen LogP contribution in [0.2, 0.25) is 0 Å². The highest BCUT2D eigenvalue weighted by Gasteiger charge is 2.06. The third-order valence-electron chi connectivity index (χ3n) is 2.66. The number of ether oxygens (including phenoxy) is 1. The molecule has 1 heterocycles. The van der Waals surface area contributed by atoms with E-state index >= 15 is 0 Å². The summed E-state index contributed by atoms with van der Waals surface area (Å²) >= 11 is 3.45. The van der Waals surface area contributed by atoms with Crippen LogP contribution in [-0.4, -0.2) is 10.8 Å². The van der Waals surface area contributed by atoms with Gasteiger partial charge in [-0.25, -0.2) is 4.98 Å². The van der Waals surface area contributed by atoms with Gasteiger partial charge in [-0.2, -0.15) is 0 Å². The number of nitrogens with zero attached hydrogens (tertiary/aromatic N) is 1. The molecule has 0 unspecified atom stereocenters. The van der Waals surface area contributed by atoms with Crippen molar-refractivity contribution in [1.82, 2.24) is 4.98 Å². The van der Waals surface area contributed by atoms with Crippen LogP contribution < -0.4 is 4.74 Å². The summed E-state index contributed by atoms with van der Waals surface area (Å²) in [5.41, 5.74) is 1.62. The molecular weight excluding hydrogens is 306 g/mol. The lowest BCUT2D eigenvalue weighted by molar-refractivity contribution is 0.0983. The first-order valence-electron chi connectivity index (χ1n) is 6.03. The first kappa shape index (κ1) is 13.7. The molecule has 1 aromatic carbocycles. The van der Waals surface area contributed by atoms with E-state index in [0.717, 1.165) is 15.8 Å². The van der Waals surface area contributed by atoms with Crippen molar-refractivity contribution in [3.8, 4) is 11.5 Å². The van der Waals surface area contributed by atoms with Crippen molar-refractivity contribution >= 4 is 21.7 Å². The fourth-order valence-electron chi connectivity index (χ4n) is 1.60. The molecule has 0 amide bonds. The minimum atomic E-state index is 0.0306. The second-order valence-electron chi connectivity index (χ2n) is 4.19. The maximum Gasteiger partial charge on any atom is 0.180 e. The van der Waals surface area contributed by atoms with Crippen molar-refractivity contribution in [3.63, 3.8) is 0 Å². The lowest BCUT2D eigenvalue weighted by Crippen LogP contribution is -1.99. The molecule has 4 heteroatoms. The van der Waals surface area contributed by atoms with Gasteiger partial charge in [-0.3, -0.25) is 4.79 Å². The Morgan fingerprint density at radius 2 is 2.11 bits per heavy atom. The number of hydrogen-bond acceptors (Lipinski definition) is 3. The number of ketones is 1. The number of rotatable bonds is 4. The van der Waals surface area contributed by atoms with Crippen LogP contribution in [0.25, 0.3) is 0 Å². The van der Waals surface area contributed by atoms with E-state index in [1.165, 1.54) is 0 Å².